The summed E-state index contributed by atoms with van der Waals surface area (Å²) in [5, 5.41) is 33.3. The Morgan fingerprint density at radius 1 is 0.972 bits per heavy atom. The third-order valence-corrected chi connectivity index (χ3v) is 4.98. The molecule has 1 aromatic heterocycles. The zero-order chi connectivity index (χ0) is 26.5. The van der Waals surface area contributed by atoms with Crippen LogP contribution in [0, 0.1) is 0 Å². The highest BCUT2D eigenvalue weighted by Gasteiger charge is 2.22. The first kappa shape index (κ1) is 27.9. The molecule has 1 aliphatic heterocycles. The molecule has 0 spiro atoms. The lowest BCUT2D eigenvalue weighted by molar-refractivity contribution is -0.137. The van der Waals surface area contributed by atoms with E-state index in [1.807, 2.05) is 0 Å². The third-order valence-electron chi connectivity index (χ3n) is 4.98. The van der Waals surface area contributed by atoms with Crippen LogP contribution in [-0.2, 0) is 24.0 Å². The number of carboxylic acids is 2. The van der Waals surface area contributed by atoms with Crippen molar-refractivity contribution in [3.05, 3.63) is 47.7 Å². The number of nitrogens with zero attached hydrogens (tertiary/aromatic N) is 2. The second-order valence-electron chi connectivity index (χ2n) is 7.79. The highest BCUT2D eigenvalue weighted by Crippen LogP contribution is 2.18. The monoisotopic (exact) mass is 500 g/mol. The van der Waals surface area contributed by atoms with Gasteiger partial charge in [0.25, 0.3) is 11.8 Å². The molecule has 1 aliphatic rings. The summed E-state index contributed by atoms with van der Waals surface area (Å²) >= 11 is 0. The molecular formula is C24H28N4O8. The quantitative estimate of drug-likeness (QED) is 0.101. The lowest BCUT2D eigenvalue weighted by atomic mass is 10.1. The van der Waals surface area contributed by atoms with Gasteiger partial charge in [0.2, 0.25) is 5.91 Å². The number of aromatic nitrogens is 1. The van der Waals surface area contributed by atoms with Gasteiger partial charge in [0, 0.05) is 55.8 Å². The summed E-state index contributed by atoms with van der Waals surface area (Å²) in [5.41, 5.74) is 0.642. The number of pyridine rings is 1. The number of carbonyl (C=O) groups excluding carboxylic acids is 3. The maximum Gasteiger partial charge on any atom is 0.328 e. The van der Waals surface area contributed by atoms with E-state index in [0.29, 0.717) is 31.4 Å². The molecule has 1 unspecified atom stereocenters. The van der Waals surface area contributed by atoms with Gasteiger partial charge in [-0.25, -0.2) is 14.6 Å². The molecule has 0 bridgehead atoms. The number of hydrogen-bond donors (Lipinski definition) is 5. The number of aliphatic hydroxyl groups excluding tert-OH is 1. The van der Waals surface area contributed by atoms with E-state index in [2.05, 4.69) is 15.6 Å². The molecule has 2 heterocycles. The Morgan fingerprint density at radius 3 is 2.31 bits per heavy atom. The van der Waals surface area contributed by atoms with Crippen molar-refractivity contribution >= 4 is 47.6 Å². The number of imide groups is 1. The number of unbranched alkanes of at least 4 members (excludes halogenated alkanes) is 2. The Balaban J connectivity index is 1.76. The number of carbonyl (C=O) groups is 5. The van der Waals surface area contributed by atoms with Crippen molar-refractivity contribution < 1.29 is 39.3 Å². The minimum absolute atomic E-state index is 0.122. The van der Waals surface area contributed by atoms with Crippen molar-refractivity contribution in [1.29, 1.82) is 0 Å². The van der Waals surface area contributed by atoms with Crippen LogP contribution in [0.1, 0.15) is 43.4 Å². The molecule has 0 radical (unpaired) electrons. The highest BCUT2D eigenvalue weighted by atomic mass is 16.4. The molecule has 0 fully saturated rings. The number of anilines is 1. The van der Waals surface area contributed by atoms with Gasteiger partial charge in [-0.15, -0.1) is 0 Å². The van der Waals surface area contributed by atoms with Gasteiger partial charge in [-0.3, -0.25) is 19.3 Å². The van der Waals surface area contributed by atoms with Gasteiger partial charge in [-0.2, -0.15) is 0 Å². The molecule has 2 rings (SSSR count). The molecule has 1 atom stereocenters. The SMILES string of the molecule is O=C(O)C=Cc1ccc(C=CC(=O)O)c(NC(O)CCNC(=O)CCCCCN2C(=O)C=CC2=O)n1. The van der Waals surface area contributed by atoms with Gasteiger partial charge >= 0.3 is 11.9 Å². The van der Waals surface area contributed by atoms with Gasteiger partial charge in [0.15, 0.2) is 0 Å². The normalized spacial score (nSPS) is 14.1. The summed E-state index contributed by atoms with van der Waals surface area (Å²) < 4.78 is 0. The van der Waals surface area contributed by atoms with Crippen LogP contribution in [0.3, 0.4) is 0 Å². The van der Waals surface area contributed by atoms with Gasteiger partial charge in [0.05, 0.1) is 5.69 Å². The zero-order valence-corrected chi connectivity index (χ0v) is 19.4. The molecule has 192 valence electrons. The average Bonchev–Trinajstić information content (AvgIpc) is 3.13. The van der Waals surface area contributed by atoms with Crippen LogP contribution in [0.25, 0.3) is 12.2 Å². The second-order valence-corrected chi connectivity index (χ2v) is 7.79. The van der Waals surface area contributed by atoms with Gasteiger partial charge in [-0.1, -0.05) is 6.42 Å². The van der Waals surface area contributed by atoms with E-state index < -0.39 is 18.2 Å². The Morgan fingerprint density at radius 2 is 1.64 bits per heavy atom. The first-order valence-corrected chi connectivity index (χ1v) is 11.2. The lowest BCUT2D eigenvalue weighted by Crippen LogP contribution is -2.31. The van der Waals surface area contributed by atoms with Crippen molar-refractivity contribution in [3.8, 4) is 0 Å². The summed E-state index contributed by atoms with van der Waals surface area (Å²) in [7, 11) is 0. The van der Waals surface area contributed by atoms with E-state index in [4.69, 9.17) is 10.2 Å². The molecule has 0 saturated carbocycles. The first-order chi connectivity index (χ1) is 17.2. The lowest BCUT2D eigenvalue weighted by Gasteiger charge is -2.16. The number of carboxylic acid groups (broad SMARTS) is 2. The molecule has 12 nitrogen and oxygen atoms in total. The number of nitrogens with one attached hydrogen (secondary N) is 2. The molecule has 0 aliphatic carbocycles. The number of rotatable bonds is 15. The van der Waals surface area contributed by atoms with Gasteiger partial charge < -0.3 is 26.0 Å². The maximum atomic E-state index is 12.0. The molecule has 12 heteroatoms. The van der Waals surface area contributed by atoms with Crippen molar-refractivity contribution in [2.45, 2.75) is 38.3 Å². The number of aliphatic hydroxyl groups is 1. The standard InChI is InChI=1S/C24H28N4O8/c29-18(4-2-1-3-15-28-20(31)9-10-21(28)32)25-14-13-19(30)27-24-16(6-11-22(33)34)5-7-17(26-24)8-12-23(35)36/h5-12,19,30H,1-4,13-15H2,(H,25,29)(H,26,27)(H,33,34)(H,35,36). The molecule has 3 amide bonds. The average molecular weight is 501 g/mol. The number of amides is 3. The summed E-state index contributed by atoms with van der Waals surface area (Å²) in [6, 6.07) is 3.02. The van der Waals surface area contributed by atoms with E-state index in [-0.39, 0.29) is 48.6 Å². The third kappa shape index (κ3) is 9.89. The van der Waals surface area contributed by atoms with Crippen LogP contribution in [-0.4, -0.2) is 74.2 Å². The van der Waals surface area contributed by atoms with Crippen LogP contribution in [0.15, 0.2) is 36.4 Å². The summed E-state index contributed by atoms with van der Waals surface area (Å²) in [6.07, 6.45) is 7.89. The first-order valence-electron chi connectivity index (χ1n) is 11.2. The highest BCUT2D eigenvalue weighted by molar-refractivity contribution is 6.12. The predicted octanol–water partition coefficient (Wildman–Crippen LogP) is 0.999. The Bertz CT molecular complexity index is 1060. The number of hydrogen-bond acceptors (Lipinski definition) is 8. The molecule has 1 aromatic rings. The largest absolute Gasteiger partial charge is 0.478 e. The van der Waals surface area contributed by atoms with E-state index in [1.165, 1.54) is 36.4 Å². The van der Waals surface area contributed by atoms with Crippen molar-refractivity contribution in [2.75, 3.05) is 18.4 Å². The fraction of sp³-hybridized carbons (Fsp3) is 0.333. The summed E-state index contributed by atoms with van der Waals surface area (Å²) in [5.74, 6) is -3.05. The van der Waals surface area contributed by atoms with Gasteiger partial charge in [0.1, 0.15) is 12.0 Å². The second kappa shape index (κ2) is 14.2. The molecule has 0 saturated heterocycles. The molecular weight excluding hydrogens is 472 g/mol. The zero-order valence-electron chi connectivity index (χ0n) is 19.4. The Hall–Kier alpha value is -4.32. The minimum Gasteiger partial charge on any atom is -0.478 e. The minimum atomic E-state index is -1.17. The van der Waals surface area contributed by atoms with Crippen LogP contribution >= 0.6 is 0 Å². The maximum absolute atomic E-state index is 12.0. The van der Waals surface area contributed by atoms with Crippen LogP contribution < -0.4 is 10.6 Å². The molecule has 0 aromatic carbocycles. The predicted molar refractivity (Wildman–Crippen MR) is 129 cm³/mol. The van der Waals surface area contributed by atoms with E-state index >= 15 is 0 Å². The van der Waals surface area contributed by atoms with Crippen molar-refractivity contribution in [3.63, 3.8) is 0 Å². The molecule has 36 heavy (non-hydrogen) atoms. The topological polar surface area (TPSA) is 186 Å². The summed E-state index contributed by atoms with van der Waals surface area (Å²) in [4.78, 5) is 61.8. The fourth-order valence-corrected chi connectivity index (χ4v) is 3.20. The van der Waals surface area contributed by atoms with Crippen LogP contribution in [0.5, 0.6) is 0 Å². The van der Waals surface area contributed by atoms with Crippen molar-refractivity contribution in [2.24, 2.45) is 0 Å². The fourth-order valence-electron chi connectivity index (χ4n) is 3.20. The summed E-state index contributed by atoms with van der Waals surface area (Å²) in [6.45, 7) is 0.476. The molecule has 5 N–H and O–H groups in total. The number of aliphatic carboxylic acids is 2. The van der Waals surface area contributed by atoms with Crippen LogP contribution in [0.2, 0.25) is 0 Å². The Kier molecular flexibility index (Phi) is 11.0. The van der Waals surface area contributed by atoms with Crippen molar-refractivity contribution in [1.82, 2.24) is 15.2 Å². The van der Waals surface area contributed by atoms with Gasteiger partial charge in [-0.05, 0) is 37.1 Å². The van der Waals surface area contributed by atoms with E-state index in [1.54, 1.807) is 0 Å². The van der Waals surface area contributed by atoms with E-state index in [9.17, 15) is 29.1 Å². The van der Waals surface area contributed by atoms with E-state index in [0.717, 1.165) is 17.1 Å². The smallest absolute Gasteiger partial charge is 0.328 e. The Labute approximate surface area is 207 Å². The van der Waals surface area contributed by atoms with Crippen LogP contribution in [0.4, 0.5) is 5.82 Å².